The number of halogens is 1. The molecule has 1 aliphatic carbocycles. The number of ketones is 1. The zero-order valence-corrected chi connectivity index (χ0v) is 19.6. The molecule has 0 bridgehead atoms. The Hall–Kier alpha value is -3.84. The minimum absolute atomic E-state index is 0.132. The molecule has 1 saturated carbocycles. The van der Waals surface area contributed by atoms with Gasteiger partial charge in [-0.1, -0.05) is 29.8 Å². The third-order valence-corrected chi connectivity index (χ3v) is 6.73. The number of aliphatic carboxylic acids is 1. The monoisotopic (exact) mass is 489 g/mol. The number of hydrogen-bond donors (Lipinski definition) is 3. The van der Waals surface area contributed by atoms with Gasteiger partial charge < -0.3 is 20.1 Å². The van der Waals surface area contributed by atoms with Crippen molar-refractivity contribution in [2.75, 3.05) is 5.32 Å². The number of carboxylic acid groups (broad SMARTS) is 1. The molecule has 0 unspecified atom stereocenters. The molecule has 2 heterocycles. The Labute approximate surface area is 207 Å². The summed E-state index contributed by atoms with van der Waals surface area (Å²) in [5.74, 6) is -0.0227. The van der Waals surface area contributed by atoms with Gasteiger partial charge in [0.2, 0.25) is 0 Å². The summed E-state index contributed by atoms with van der Waals surface area (Å²) >= 11 is 6.50. The van der Waals surface area contributed by atoms with Crippen molar-refractivity contribution in [3.63, 3.8) is 0 Å². The van der Waals surface area contributed by atoms with E-state index in [0.717, 1.165) is 18.5 Å². The van der Waals surface area contributed by atoms with E-state index in [9.17, 15) is 14.7 Å². The maximum Gasteiger partial charge on any atom is 0.306 e. The number of para-hydroxylation sites is 1. The first-order valence-electron chi connectivity index (χ1n) is 11.5. The molecular formula is C27H24ClN3O4. The molecule has 2 aromatic carbocycles. The average Bonchev–Trinajstić information content (AvgIpc) is 3.30. The molecule has 4 aromatic rings. The highest BCUT2D eigenvalue weighted by Crippen LogP contribution is 2.34. The van der Waals surface area contributed by atoms with Crippen molar-refractivity contribution in [2.45, 2.75) is 31.7 Å². The van der Waals surface area contributed by atoms with Crippen molar-refractivity contribution >= 4 is 40.1 Å². The number of pyridine rings is 1. The van der Waals surface area contributed by atoms with Crippen molar-refractivity contribution in [3.05, 3.63) is 83.1 Å². The number of hydrogen-bond acceptors (Lipinski definition) is 5. The number of carbonyl (C=O) groups is 2. The number of ether oxygens (including phenoxy) is 1. The average molecular weight is 490 g/mol. The second kappa shape index (κ2) is 9.80. The van der Waals surface area contributed by atoms with Gasteiger partial charge in [0.05, 0.1) is 21.9 Å². The fraction of sp³-hybridized carbons (Fsp3) is 0.222. The van der Waals surface area contributed by atoms with Crippen molar-refractivity contribution in [3.8, 4) is 11.5 Å². The lowest BCUT2D eigenvalue weighted by molar-refractivity contribution is -0.142. The topological polar surface area (TPSA) is 104 Å². The number of aromatic amines is 1. The quantitative estimate of drug-likeness (QED) is 0.263. The molecule has 0 saturated heterocycles. The van der Waals surface area contributed by atoms with Gasteiger partial charge in [0.1, 0.15) is 17.1 Å². The van der Waals surface area contributed by atoms with E-state index in [1.807, 2.05) is 36.4 Å². The molecule has 0 amide bonds. The number of carboxylic acids is 1. The maximum absolute atomic E-state index is 13.5. The molecule has 2 aromatic heterocycles. The second-order valence-electron chi connectivity index (χ2n) is 8.70. The van der Waals surface area contributed by atoms with Crippen LogP contribution in [0.4, 0.5) is 5.69 Å². The number of H-pyrrole nitrogens is 1. The molecule has 178 valence electrons. The van der Waals surface area contributed by atoms with Crippen LogP contribution >= 0.6 is 11.6 Å². The van der Waals surface area contributed by atoms with Crippen LogP contribution in [0, 0.1) is 5.92 Å². The summed E-state index contributed by atoms with van der Waals surface area (Å²) in [7, 11) is 0. The van der Waals surface area contributed by atoms with Gasteiger partial charge in [0.15, 0.2) is 5.78 Å². The molecule has 1 aliphatic rings. The Morgan fingerprint density at radius 1 is 1.00 bits per heavy atom. The number of nitrogens with zero attached hydrogens (tertiary/aromatic N) is 1. The molecule has 35 heavy (non-hydrogen) atoms. The fourth-order valence-corrected chi connectivity index (χ4v) is 4.83. The van der Waals surface area contributed by atoms with E-state index in [4.69, 9.17) is 16.3 Å². The molecule has 5 rings (SSSR count). The summed E-state index contributed by atoms with van der Waals surface area (Å²) in [6.07, 6.45) is 6.10. The van der Waals surface area contributed by atoms with Gasteiger partial charge in [-0.2, -0.15) is 0 Å². The molecule has 0 aliphatic heterocycles. The zero-order chi connectivity index (χ0) is 24.4. The van der Waals surface area contributed by atoms with Crippen LogP contribution in [0.3, 0.4) is 0 Å². The molecule has 8 heteroatoms. The number of benzene rings is 2. The van der Waals surface area contributed by atoms with Gasteiger partial charge in [-0.3, -0.25) is 9.59 Å². The number of carbonyl (C=O) groups excluding carboxylic acids is 1. The first-order valence-corrected chi connectivity index (χ1v) is 11.9. The van der Waals surface area contributed by atoms with E-state index >= 15 is 0 Å². The Balaban J connectivity index is 1.39. The van der Waals surface area contributed by atoms with Crippen LogP contribution in [-0.2, 0) is 4.79 Å². The summed E-state index contributed by atoms with van der Waals surface area (Å²) in [4.78, 5) is 32.2. The Bertz CT molecular complexity index is 1380. The van der Waals surface area contributed by atoms with Gasteiger partial charge in [0, 0.05) is 35.8 Å². The predicted octanol–water partition coefficient (Wildman–Crippen LogP) is 6.29. The van der Waals surface area contributed by atoms with Crippen LogP contribution in [0.5, 0.6) is 11.5 Å². The van der Waals surface area contributed by atoms with Crippen LogP contribution in [0.25, 0.3) is 11.0 Å². The van der Waals surface area contributed by atoms with E-state index in [1.54, 1.807) is 30.6 Å². The van der Waals surface area contributed by atoms with Crippen LogP contribution in [0.1, 0.15) is 41.6 Å². The summed E-state index contributed by atoms with van der Waals surface area (Å²) in [6, 6.07) is 16.3. The highest BCUT2D eigenvalue weighted by molar-refractivity contribution is 6.35. The summed E-state index contributed by atoms with van der Waals surface area (Å²) in [5.41, 5.74) is 2.22. The Morgan fingerprint density at radius 3 is 2.49 bits per heavy atom. The molecular weight excluding hydrogens is 466 g/mol. The molecule has 0 atom stereocenters. The third-order valence-electron chi connectivity index (χ3n) is 6.42. The molecule has 0 radical (unpaired) electrons. The zero-order valence-electron chi connectivity index (χ0n) is 18.8. The molecule has 0 spiro atoms. The van der Waals surface area contributed by atoms with Crippen molar-refractivity contribution in [1.82, 2.24) is 9.97 Å². The first-order chi connectivity index (χ1) is 17.0. The smallest absolute Gasteiger partial charge is 0.306 e. The maximum atomic E-state index is 13.5. The lowest BCUT2D eigenvalue weighted by Gasteiger charge is -2.28. The van der Waals surface area contributed by atoms with E-state index in [-0.39, 0.29) is 17.7 Å². The first kappa shape index (κ1) is 22.9. The van der Waals surface area contributed by atoms with Crippen LogP contribution in [0.2, 0.25) is 5.02 Å². The van der Waals surface area contributed by atoms with Gasteiger partial charge in [0.25, 0.3) is 0 Å². The normalized spacial score (nSPS) is 17.7. The van der Waals surface area contributed by atoms with Crippen LogP contribution in [0.15, 0.2) is 67.0 Å². The fourth-order valence-electron chi connectivity index (χ4n) is 4.57. The lowest BCUT2D eigenvalue weighted by Crippen LogP contribution is -2.29. The molecule has 7 nitrogen and oxygen atoms in total. The summed E-state index contributed by atoms with van der Waals surface area (Å²) < 4.78 is 5.82. The van der Waals surface area contributed by atoms with Gasteiger partial charge in [-0.25, -0.2) is 4.98 Å². The predicted molar refractivity (Wildman–Crippen MR) is 134 cm³/mol. The van der Waals surface area contributed by atoms with Gasteiger partial charge >= 0.3 is 5.97 Å². The highest BCUT2D eigenvalue weighted by atomic mass is 35.5. The van der Waals surface area contributed by atoms with E-state index < -0.39 is 5.97 Å². The SMILES string of the molecule is O=C(c1ccc(Oc2ccccc2)cc1Cl)c1c[nH]c2nccc(N[C@H]3CC[C@@H](C(=O)O)CC3)c12. The van der Waals surface area contributed by atoms with Crippen LogP contribution < -0.4 is 10.1 Å². The molecule has 3 N–H and O–H groups in total. The number of rotatable bonds is 7. The van der Waals surface area contributed by atoms with Crippen molar-refractivity contribution < 1.29 is 19.4 Å². The Morgan fingerprint density at radius 2 is 1.77 bits per heavy atom. The van der Waals surface area contributed by atoms with Gasteiger partial charge in [-0.05, 0) is 56.0 Å². The summed E-state index contributed by atoms with van der Waals surface area (Å²) in [5, 5.41) is 13.8. The summed E-state index contributed by atoms with van der Waals surface area (Å²) in [6.45, 7) is 0. The number of aromatic nitrogens is 2. The van der Waals surface area contributed by atoms with Crippen molar-refractivity contribution in [2.24, 2.45) is 5.92 Å². The third kappa shape index (κ3) is 4.86. The van der Waals surface area contributed by atoms with Crippen LogP contribution in [-0.4, -0.2) is 32.9 Å². The van der Waals surface area contributed by atoms with E-state index in [0.29, 0.717) is 51.5 Å². The minimum Gasteiger partial charge on any atom is -0.481 e. The number of fused-ring (bicyclic) bond motifs is 1. The van der Waals surface area contributed by atoms with Gasteiger partial charge in [-0.15, -0.1) is 0 Å². The van der Waals surface area contributed by atoms with E-state index in [2.05, 4.69) is 15.3 Å². The largest absolute Gasteiger partial charge is 0.481 e. The molecule has 1 fully saturated rings. The highest BCUT2D eigenvalue weighted by Gasteiger charge is 2.27. The number of anilines is 1. The van der Waals surface area contributed by atoms with Crippen molar-refractivity contribution in [1.29, 1.82) is 0 Å². The second-order valence-corrected chi connectivity index (χ2v) is 9.11. The Kier molecular flexibility index (Phi) is 6.42. The van der Waals surface area contributed by atoms with E-state index in [1.165, 1.54) is 0 Å². The minimum atomic E-state index is -0.731. The number of nitrogens with one attached hydrogen (secondary N) is 2. The lowest BCUT2D eigenvalue weighted by atomic mass is 9.86. The standard InChI is InChI=1S/C27H24ClN3O4/c28-22-14-19(35-18-4-2-1-3-5-18)10-11-20(22)25(32)21-15-30-26-24(21)23(12-13-29-26)31-17-8-6-16(7-9-17)27(33)34/h1-5,10-17H,6-9H2,(H,33,34)(H2,29,30,31)/t16-,17+.